The van der Waals surface area contributed by atoms with Gasteiger partial charge in [-0.3, -0.25) is 4.79 Å². The fraction of sp³-hybridized carbons (Fsp3) is 0.357. The van der Waals surface area contributed by atoms with Gasteiger partial charge in [-0.25, -0.2) is 4.98 Å². The van der Waals surface area contributed by atoms with Crippen molar-refractivity contribution in [3.63, 3.8) is 0 Å². The Balaban J connectivity index is 2.07. The normalized spacial score (nSPS) is 17.8. The maximum absolute atomic E-state index is 12.2. The summed E-state index contributed by atoms with van der Waals surface area (Å²) < 4.78 is 5.20. The number of nitriles is 1. The van der Waals surface area contributed by atoms with Gasteiger partial charge in [-0.2, -0.15) is 5.26 Å². The lowest BCUT2D eigenvalue weighted by Gasteiger charge is -2.29. The van der Waals surface area contributed by atoms with E-state index < -0.39 is 6.10 Å². The van der Waals surface area contributed by atoms with E-state index in [1.807, 2.05) is 6.07 Å². The second kappa shape index (κ2) is 6.67. The second-order valence-electron chi connectivity index (χ2n) is 4.18. The molecule has 0 radical (unpaired) electrons. The van der Waals surface area contributed by atoms with Crippen LogP contribution in [0.25, 0.3) is 0 Å². The molecule has 6 heteroatoms. The lowest BCUT2D eigenvalue weighted by atomic mass is 10.2. The quantitative estimate of drug-likeness (QED) is 0.711. The number of morpholine rings is 1. The van der Waals surface area contributed by atoms with Crippen molar-refractivity contribution in [2.24, 2.45) is 5.73 Å². The van der Waals surface area contributed by atoms with E-state index in [4.69, 9.17) is 15.7 Å². The Kier molecular flexibility index (Phi) is 4.67. The molecule has 1 aromatic heterocycles. The van der Waals surface area contributed by atoms with E-state index in [1.165, 1.54) is 6.20 Å². The van der Waals surface area contributed by atoms with Gasteiger partial charge in [0, 0.05) is 18.3 Å². The smallest absolute Gasteiger partial charge is 0.272 e. The summed E-state index contributed by atoms with van der Waals surface area (Å²) in [5.74, 6) is 5.36. The van der Waals surface area contributed by atoms with E-state index in [-0.39, 0.29) is 19.0 Å². The minimum absolute atomic E-state index is 0.202. The van der Waals surface area contributed by atoms with Crippen LogP contribution in [0.1, 0.15) is 16.1 Å². The Morgan fingerprint density at radius 3 is 3.10 bits per heavy atom. The number of rotatable bonds is 1. The molecule has 2 heterocycles. The van der Waals surface area contributed by atoms with Gasteiger partial charge in [-0.1, -0.05) is 11.8 Å². The minimum atomic E-state index is -0.567. The van der Waals surface area contributed by atoms with E-state index in [1.54, 1.807) is 17.0 Å². The Hall–Kier alpha value is -2.41. The number of carbonyl (C=O) groups is 1. The maximum Gasteiger partial charge on any atom is 0.272 e. The largest absolute Gasteiger partial charge is 0.360 e. The van der Waals surface area contributed by atoms with Crippen LogP contribution >= 0.6 is 0 Å². The molecule has 2 N–H and O–H groups in total. The lowest BCUT2D eigenvalue weighted by Crippen LogP contribution is -2.45. The van der Waals surface area contributed by atoms with Crippen LogP contribution in [0.15, 0.2) is 18.3 Å². The minimum Gasteiger partial charge on any atom is -0.360 e. The zero-order chi connectivity index (χ0) is 14.4. The molecule has 1 aliphatic rings. The van der Waals surface area contributed by atoms with Crippen LogP contribution in [0, 0.1) is 23.2 Å². The first kappa shape index (κ1) is 14.0. The van der Waals surface area contributed by atoms with Gasteiger partial charge in [0.1, 0.15) is 5.69 Å². The molecule has 1 amide bonds. The topological polar surface area (TPSA) is 92.2 Å². The van der Waals surface area contributed by atoms with Crippen LogP contribution in [0.5, 0.6) is 0 Å². The fourth-order valence-corrected chi connectivity index (χ4v) is 1.82. The summed E-state index contributed by atoms with van der Waals surface area (Å²) >= 11 is 0. The van der Waals surface area contributed by atoms with Gasteiger partial charge in [0.05, 0.1) is 25.8 Å². The molecule has 1 fully saturated rings. The van der Waals surface area contributed by atoms with E-state index >= 15 is 0 Å². The third kappa shape index (κ3) is 3.33. The summed E-state index contributed by atoms with van der Waals surface area (Å²) in [6.45, 7) is 1.38. The highest BCUT2D eigenvalue weighted by Gasteiger charge is 2.25. The van der Waals surface area contributed by atoms with E-state index in [0.29, 0.717) is 24.4 Å². The SMILES string of the molecule is N#CC1CN(C(=O)c2ccc(C#CCN)cn2)CCO1. The molecule has 6 nitrogen and oxygen atoms in total. The van der Waals surface area contributed by atoms with Gasteiger partial charge < -0.3 is 15.4 Å². The zero-order valence-electron chi connectivity index (χ0n) is 10.9. The summed E-state index contributed by atoms with van der Waals surface area (Å²) in [6, 6.07) is 5.36. The van der Waals surface area contributed by atoms with Crippen molar-refractivity contribution < 1.29 is 9.53 Å². The van der Waals surface area contributed by atoms with Gasteiger partial charge in [-0.05, 0) is 12.1 Å². The number of nitrogens with zero attached hydrogens (tertiary/aromatic N) is 3. The third-order valence-corrected chi connectivity index (χ3v) is 2.82. The Morgan fingerprint density at radius 1 is 1.60 bits per heavy atom. The van der Waals surface area contributed by atoms with Crippen LogP contribution in [-0.4, -0.2) is 48.1 Å². The molecule has 0 aliphatic carbocycles. The van der Waals surface area contributed by atoms with Crippen LogP contribution in [0.4, 0.5) is 0 Å². The Bertz CT molecular complexity index is 580. The highest BCUT2D eigenvalue weighted by molar-refractivity contribution is 5.92. The molecule has 0 spiro atoms. The number of nitrogens with two attached hydrogens (primary N) is 1. The fourth-order valence-electron chi connectivity index (χ4n) is 1.82. The number of carbonyl (C=O) groups excluding carboxylic acids is 1. The highest BCUT2D eigenvalue weighted by atomic mass is 16.5. The van der Waals surface area contributed by atoms with Crippen molar-refractivity contribution in [1.82, 2.24) is 9.88 Å². The molecule has 0 bridgehead atoms. The second-order valence-corrected chi connectivity index (χ2v) is 4.18. The molecular weight excluding hydrogens is 256 g/mol. The molecule has 1 aliphatic heterocycles. The molecule has 20 heavy (non-hydrogen) atoms. The summed E-state index contributed by atoms with van der Waals surface area (Å²) in [6.07, 6.45) is 0.973. The molecule has 0 aromatic carbocycles. The van der Waals surface area contributed by atoms with Crippen LogP contribution in [0.3, 0.4) is 0 Å². The first-order chi connectivity index (χ1) is 9.74. The van der Waals surface area contributed by atoms with Crippen LogP contribution < -0.4 is 5.73 Å². The number of amides is 1. The maximum atomic E-state index is 12.2. The summed E-state index contributed by atoms with van der Waals surface area (Å²) in [7, 11) is 0. The molecule has 102 valence electrons. The number of aromatic nitrogens is 1. The highest BCUT2D eigenvalue weighted by Crippen LogP contribution is 2.09. The van der Waals surface area contributed by atoms with Gasteiger partial charge in [0.15, 0.2) is 6.10 Å². The van der Waals surface area contributed by atoms with Crippen molar-refractivity contribution in [2.45, 2.75) is 6.10 Å². The predicted octanol–water partition coefficient (Wildman–Crippen LogP) is -0.244. The first-order valence-electron chi connectivity index (χ1n) is 6.20. The molecule has 0 saturated carbocycles. The van der Waals surface area contributed by atoms with Crippen molar-refractivity contribution in [3.05, 3.63) is 29.6 Å². The summed E-state index contributed by atoms with van der Waals surface area (Å²) in [4.78, 5) is 17.9. The average molecular weight is 270 g/mol. The number of hydrogen-bond donors (Lipinski definition) is 1. The van der Waals surface area contributed by atoms with Crippen molar-refractivity contribution in [1.29, 1.82) is 5.26 Å². The van der Waals surface area contributed by atoms with Gasteiger partial charge >= 0.3 is 0 Å². The van der Waals surface area contributed by atoms with E-state index in [2.05, 4.69) is 16.8 Å². The molecule has 1 atom stereocenters. The van der Waals surface area contributed by atoms with Crippen LogP contribution in [-0.2, 0) is 4.74 Å². The van der Waals surface area contributed by atoms with Crippen molar-refractivity contribution >= 4 is 5.91 Å². The number of hydrogen-bond acceptors (Lipinski definition) is 5. The first-order valence-corrected chi connectivity index (χ1v) is 6.20. The van der Waals surface area contributed by atoms with Gasteiger partial charge in [-0.15, -0.1) is 0 Å². The van der Waals surface area contributed by atoms with E-state index in [9.17, 15) is 4.79 Å². The molecule has 1 unspecified atom stereocenters. The average Bonchev–Trinajstić information content (AvgIpc) is 2.52. The van der Waals surface area contributed by atoms with Gasteiger partial charge in [0.25, 0.3) is 5.91 Å². The standard InChI is InChI=1S/C14H14N4O2/c15-5-1-2-11-3-4-13(17-9-11)14(19)18-6-7-20-12(8-16)10-18/h3-4,9,12H,5-7,10,15H2. The van der Waals surface area contributed by atoms with Crippen LogP contribution in [0.2, 0.25) is 0 Å². The predicted molar refractivity (Wildman–Crippen MR) is 71.4 cm³/mol. The Labute approximate surface area is 117 Å². The van der Waals surface area contributed by atoms with Crippen molar-refractivity contribution in [3.8, 4) is 17.9 Å². The number of ether oxygens (including phenoxy) is 1. The molecular formula is C14H14N4O2. The summed E-state index contributed by atoms with van der Waals surface area (Å²) in [5, 5.41) is 8.83. The zero-order valence-corrected chi connectivity index (χ0v) is 10.9. The molecule has 1 saturated heterocycles. The molecule has 1 aromatic rings. The molecule has 2 rings (SSSR count). The van der Waals surface area contributed by atoms with E-state index in [0.717, 1.165) is 0 Å². The lowest BCUT2D eigenvalue weighted by molar-refractivity contribution is 0.00320. The van der Waals surface area contributed by atoms with Gasteiger partial charge in [0.2, 0.25) is 0 Å². The summed E-state index contributed by atoms with van der Waals surface area (Å²) in [5.41, 5.74) is 6.33. The monoisotopic (exact) mass is 270 g/mol. The number of pyridine rings is 1. The Morgan fingerprint density at radius 2 is 2.45 bits per heavy atom. The third-order valence-electron chi connectivity index (χ3n) is 2.82. The van der Waals surface area contributed by atoms with Crippen molar-refractivity contribution in [2.75, 3.05) is 26.2 Å².